The summed E-state index contributed by atoms with van der Waals surface area (Å²) in [6.45, 7) is 3.43. The van der Waals surface area contributed by atoms with Crippen molar-refractivity contribution in [1.29, 1.82) is 0 Å². The molecule has 100 valence electrons. The number of halogens is 1. The van der Waals surface area contributed by atoms with Crippen molar-refractivity contribution < 1.29 is 4.39 Å². The summed E-state index contributed by atoms with van der Waals surface area (Å²) in [5, 5.41) is 8.36. The maximum atomic E-state index is 13.9. The molecule has 1 aliphatic heterocycles. The highest BCUT2D eigenvalue weighted by molar-refractivity contribution is 5.57. The zero-order valence-corrected chi connectivity index (χ0v) is 10.9. The summed E-state index contributed by atoms with van der Waals surface area (Å²) in [7, 11) is 0. The largest absolute Gasteiger partial charge is 0.330 e. The van der Waals surface area contributed by atoms with Crippen molar-refractivity contribution in [2.75, 3.05) is 6.54 Å². The van der Waals surface area contributed by atoms with E-state index >= 15 is 0 Å². The molecule has 1 unspecified atom stereocenters. The van der Waals surface area contributed by atoms with E-state index in [0.29, 0.717) is 23.9 Å². The molecule has 0 saturated heterocycles. The average molecular weight is 260 g/mol. The molecule has 2 aromatic rings. The molecule has 0 amide bonds. The van der Waals surface area contributed by atoms with Gasteiger partial charge in [0.15, 0.2) is 5.82 Å². The fraction of sp³-hybridized carbons (Fsp3) is 0.429. The van der Waals surface area contributed by atoms with E-state index in [1.165, 1.54) is 6.07 Å². The Kier molecular flexibility index (Phi) is 3.06. The van der Waals surface area contributed by atoms with Crippen LogP contribution in [0.25, 0.3) is 11.4 Å². The van der Waals surface area contributed by atoms with Gasteiger partial charge >= 0.3 is 0 Å². The number of rotatable bonds is 2. The highest BCUT2D eigenvalue weighted by Gasteiger charge is 2.23. The molecule has 1 aromatic heterocycles. The average Bonchev–Trinajstić information content (AvgIpc) is 2.84. The Hall–Kier alpha value is -1.75. The van der Waals surface area contributed by atoms with Crippen LogP contribution in [0.5, 0.6) is 0 Å². The molecule has 2 N–H and O–H groups in total. The van der Waals surface area contributed by atoms with Gasteiger partial charge in [0.25, 0.3) is 0 Å². The molecule has 5 heteroatoms. The summed E-state index contributed by atoms with van der Waals surface area (Å²) in [5.74, 6) is 1.76. The zero-order valence-electron chi connectivity index (χ0n) is 10.9. The maximum absolute atomic E-state index is 13.9. The highest BCUT2D eigenvalue weighted by atomic mass is 19.1. The van der Waals surface area contributed by atoms with Crippen molar-refractivity contribution in [2.24, 2.45) is 11.7 Å². The third-order valence-corrected chi connectivity index (χ3v) is 3.76. The molecule has 0 aliphatic carbocycles. The van der Waals surface area contributed by atoms with E-state index in [9.17, 15) is 4.39 Å². The SMILES string of the molecule is Cc1ccc(F)c(-c2nnc3n2CCC(CN)C3)c1. The number of fused-ring (bicyclic) bond motifs is 1. The monoisotopic (exact) mass is 260 g/mol. The Bertz CT molecular complexity index is 605. The van der Waals surface area contributed by atoms with E-state index in [1.54, 1.807) is 6.07 Å². The van der Waals surface area contributed by atoms with Crippen LogP contribution in [0.15, 0.2) is 18.2 Å². The van der Waals surface area contributed by atoms with Gasteiger partial charge in [0.1, 0.15) is 11.6 Å². The molecule has 2 heterocycles. The van der Waals surface area contributed by atoms with E-state index < -0.39 is 0 Å². The Morgan fingerprint density at radius 2 is 2.26 bits per heavy atom. The molecule has 3 rings (SSSR count). The fourth-order valence-electron chi connectivity index (χ4n) is 2.60. The molecule has 0 radical (unpaired) electrons. The molecule has 19 heavy (non-hydrogen) atoms. The zero-order chi connectivity index (χ0) is 13.4. The number of hydrogen-bond donors (Lipinski definition) is 1. The van der Waals surface area contributed by atoms with Gasteiger partial charge in [-0.2, -0.15) is 0 Å². The van der Waals surface area contributed by atoms with Crippen LogP contribution >= 0.6 is 0 Å². The van der Waals surface area contributed by atoms with Crippen molar-refractivity contribution >= 4 is 0 Å². The smallest absolute Gasteiger partial charge is 0.166 e. The van der Waals surface area contributed by atoms with Gasteiger partial charge in [-0.15, -0.1) is 10.2 Å². The van der Waals surface area contributed by atoms with Crippen LogP contribution in [0.1, 0.15) is 17.8 Å². The lowest BCUT2D eigenvalue weighted by molar-refractivity contribution is 0.391. The highest BCUT2D eigenvalue weighted by Crippen LogP contribution is 2.27. The lowest BCUT2D eigenvalue weighted by Crippen LogP contribution is -2.25. The van der Waals surface area contributed by atoms with E-state index in [0.717, 1.165) is 30.8 Å². The molecule has 0 saturated carbocycles. The van der Waals surface area contributed by atoms with Crippen LogP contribution in [0.2, 0.25) is 0 Å². The van der Waals surface area contributed by atoms with Gasteiger partial charge < -0.3 is 10.3 Å². The lowest BCUT2D eigenvalue weighted by Gasteiger charge is -2.22. The second-order valence-electron chi connectivity index (χ2n) is 5.17. The number of benzene rings is 1. The molecule has 1 aromatic carbocycles. The first-order chi connectivity index (χ1) is 9.19. The number of aryl methyl sites for hydroxylation is 1. The van der Waals surface area contributed by atoms with Crippen LogP contribution in [-0.2, 0) is 13.0 Å². The predicted molar refractivity (Wildman–Crippen MR) is 71.0 cm³/mol. The van der Waals surface area contributed by atoms with Crippen molar-refractivity contribution in [3.63, 3.8) is 0 Å². The summed E-state index contributed by atoms with van der Waals surface area (Å²) in [5.41, 5.74) is 7.26. The van der Waals surface area contributed by atoms with Crippen molar-refractivity contribution in [3.8, 4) is 11.4 Å². The van der Waals surface area contributed by atoms with Gasteiger partial charge in [0.2, 0.25) is 0 Å². The summed E-state index contributed by atoms with van der Waals surface area (Å²) in [4.78, 5) is 0. The molecule has 4 nitrogen and oxygen atoms in total. The summed E-state index contributed by atoms with van der Waals surface area (Å²) in [6, 6.07) is 5.07. The maximum Gasteiger partial charge on any atom is 0.166 e. The van der Waals surface area contributed by atoms with Crippen molar-refractivity contribution in [1.82, 2.24) is 14.8 Å². The number of aromatic nitrogens is 3. The van der Waals surface area contributed by atoms with E-state index in [-0.39, 0.29) is 5.82 Å². The van der Waals surface area contributed by atoms with Gasteiger partial charge in [-0.1, -0.05) is 11.6 Å². The first-order valence-electron chi connectivity index (χ1n) is 6.57. The lowest BCUT2D eigenvalue weighted by atomic mass is 9.98. The Balaban J connectivity index is 2.03. The number of nitrogens with zero attached hydrogens (tertiary/aromatic N) is 3. The minimum atomic E-state index is -0.248. The molecule has 0 bridgehead atoms. The van der Waals surface area contributed by atoms with Crippen LogP contribution in [0, 0.1) is 18.7 Å². The molecule has 1 atom stereocenters. The topological polar surface area (TPSA) is 56.7 Å². The third-order valence-electron chi connectivity index (χ3n) is 3.76. The van der Waals surface area contributed by atoms with Crippen molar-refractivity contribution in [2.45, 2.75) is 26.3 Å². The second kappa shape index (κ2) is 4.74. The minimum absolute atomic E-state index is 0.248. The van der Waals surface area contributed by atoms with E-state index in [4.69, 9.17) is 5.73 Å². The van der Waals surface area contributed by atoms with Crippen LogP contribution in [0.3, 0.4) is 0 Å². The normalized spacial score (nSPS) is 18.4. The summed E-state index contributed by atoms with van der Waals surface area (Å²) < 4.78 is 16.0. The standard InChI is InChI=1S/C14H17FN4/c1-9-2-3-12(15)11(6-9)14-18-17-13-7-10(8-16)4-5-19(13)14/h2-3,6,10H,4-5,7-8,16H2,1H3. The van der Waals surface area contributed by atoms with Crippen LogP contribution in [0.4, 0.5) is 4.39 Å². The molecule has 1 aliphatic rings. The summed E-state index contributed by atoms with van der Waals surface area (Å²) >= 11 is 0. The summed E-state index contributed by atoms with van der Waals surface area (Å²) in [6.07, 6.45) is 1.83. The minimum Gasteiger partial charge on any atom is -0.330 e. The molecule has 0 spiro atoms. The van der Waals surface area contributed by atoms with Crippen LogP contribution < -0.4 is 5.73 Å². The van der Waals surface area contributed by atoms with Gasteiger partial charge in [-0.3, -0.25) is 0 Å². The quantitative estimate of drug-likeness (QED) is 0.897. The van der Waals surface area contributed by atoms with Crippen molar-refractivity contribution in [3.05, 3.63) is 35.4 Å². The van der Waals surface area contributed by atoms with E-state index in [1.807, 2.05) is 17.6 Å². The molecular formula is C14H17FN4. The third kappa shape index (κ3) is 2.14. The van der Waals surface area contributed by atoms with Gasteiger partial charge in [-0.25, -0.2) is 4.39 Å². The van der Waals surface area contributed by atoms with Gasteiger partial charge in [0.05, 0.1) is 5.56 Å². The van der Waals surface area contributed by atoms with Crippen LogP contribution in [-0.4, -0.2) is 21.3 Å². The predicted octanol–water partition coefficient (Wildman–Crippen LogP) is 1.91. The van der Waals surface area contributed by atoms with Gasteiger partial charge in [0, 0.05) is 13.0 Å². The second-order valence-corrected chi connectivity index (χ2v) is 5.17. The molecular weight excluding hydrogens is 243 g/mol. The molecule has 0 fully saturated rings. The Morgan fingerprint density at radius 3 is 3.05 bits per heavy atom. The van der Waals surface area contributed by atoms with E-state index in [2.05, 4.69) is 10.2 Å². The van der Waals surface area contributed by atoms with Gasteiger partial charge in [-0.05, 0) is 37.9 Å². The Morgan fingerprint density at radius 1 is 1.42 bits per heavy atom. The first-order valence-corrected chi connectivity index (χ1v) is 6.57. The number of hydrogen-bond acceptors (Lipinski definition) is 3. The Labute approximate surface area is 111 Å². The number of nitrogens with two attached hydrogens (primary N) is 1. The fourth-order valence-corrected chi connectivity index (χ4v) is 2.60. The first kappa shape index (κ1) is 12.3.